The summed E-state index contributed by atoms with van der Waals surface area (Å²) >= 11 is 0. The topological polar surface area (TPSA) is 61.8 Å². The summed E-state index contributed by atoms with van der Waals surface area (Å²) in [5.74, 6) is 0.332. The second-order valence-electron chi connectivity index (χ2n) is 6.46. The van der Waals surface area contributed by atoms with Gasteiger partial charge in [-0.3, -0.25) is 4.79 Å². The third-order valence-corrected chi connectivity index (χ3v) is 3.24. The van der Waals surface area contributed by atoms with E-state index in [0.29, 0.717) is 11.3 Å². The van der Waals surface area contributed by atoms with E-state index >= 15 is 0 Å². The van der Waals surface area contributed by atoms with Crippen LogP contribution in [0.5, 0.6) is 11.5 Å². The zero-order chi connectivity index (χ0) is 18.3. The van der Waals surface area contributed by atoms with E-state index in [1.54, 1.807) is 45.0 Å². The number of rotatable bonds is 6. The maximum absolute atomic E-state index is 12.0. The highest BCUT2D eigenvalue weighted by molar-refractivity contribution is 5.89. The fourth-order valence-corrected chi connectivity index (χ4v) is 1.81. The van der Waals surface area contributed by atoms with Gasteiger partial charge in [0.1, 0.15) is 24.7 Å². The van der Waals surface area contributed by atoms with Crippen molar-refractivity contribution in [1.29, 1.82) is 0 Å². The van der Waals surface area contributed by atoms with Crippen LogP contribution in [0.1, 0.15) is 31.1 Å². The lowest BCUT2D eigenvalue weighted by atomic mass is 9.97. The molecule has 25 heavy (non-hydrogen) atoms. The summed E-state index contributed by atoms with van der Waals surface area (Å²) in [5, 5.41) is 0. The summed E-state index contributed by atoms with van der Waals surface area (Å²) in [6, 6.07) is 15.6. The third-order valence-electron chi connectivity index (χ3n) is 3.24. The fourth-order valence-electron chi connectivity index (χ4n) is 1.81. The van der Waals surface area contributed by atoms with Crippen LogP contribution in [0.25, 0.3) is 0 Å². The molecular formula is C20H22O5. The summed E-state index contributed by atoms with van der Waals surface area (Å²) in [7, 11) is 0. The zero-order valence-electron chi connectivity index (χ0n) is 14.7. The van der Waals surface area contributed by atoms with Crippen molar-refractivity contribution in [1.82, 2.24) is 0 Å². The van der Waals surface area contributed by atoms with E-state index in [1.807, 2.05) is 30.3 Å². The van der Waals surface area contributed by atoms with Crippen molar-refractivity contribution in [2.75, 3.05) is 13.2 Å². The predicted molar refractivity (Wildman–Crippen MR) is 93.8 cm³/mol. The van der Waals surface area contributed by atoms with Crippen molar-refractivity contribution in [3.63, 3.8) is 0 Å². The maximum Gasteiger partial charge on any atom is 0.338 e. The molecule has 2 aromatic rings. The Hall–Kier alpha value is -2.82. The summed E-state index contributed by atoms with van der Waals surface area (Å²) in [6.45, 7) is 5.75. The first-order chi connectivity index (χ1) is 11.9. The highest BCUT2D eigenvalue weighted by Crippen LogP contribution is 2.20. The Morgan fingerprint density at radius 3 is 2.08 bits per heavy atom. The number of benzene rings is 2. The van der Waals surface area contributed by atoms with Crippen LogP contribution in [-0.2, 0) is 9.53 Å². The number of hydrogen-bond donors (Lipinski definition) is 0. The Morgan fingerprint density at radius 1 is 0.840 bits per heavy atom. The molecule has 0 aliphatic carbocycles. The van der Waals surface area contributed by atoms with Crippen LogP contribution in [0.4, 0.5) is 0 Å². The van der Waals surface area contributed by atoms with Crippen molar-refractivity contribution in [2.24, 2.45) is 5.41 Å². The number of carbonyl (C=O) groups excluding carboxylic acids is 2. The Morgan fingerprint density at radius 2 is 1.48 bits per heavy atom. The molecule has 0 radical (unpaired) electrons. The van der Waals surface area contributed by atoms with Gasteiger partial charge in [0.2, 0.25) is 0 Å². The lowest BCUT2D eigenvalue weighted by molar-refractivity contribution is -0.142. The van der Waals surface area contributed by atoms with Gasteiger partial charge in [0.25, 0.3) is 0 Å². The highest BCUT2D eigenvalue weighted by Gasteiger charge is 2.23. The first-order valence-electron chi connectivity index (χ1n) is 8.03. The first-order valence-corrected chi connectivity index (χ1v) is 8.03. The number of esters is 2. The molecule has 0 atom stereocenters. The van der Waals surface area contributed by atoms with E-state index in [4.69, 9.17) is 14.2 Å². The summed E-state index contributed by atoms with van der Waals surface area (Å²) in [4.78, 5) is 23.8. The number of para-hydroxylation sites is 1. The van der Waals surface area contributed by atoms with E-state index < -0.39 is 11.4 Å². The third kappa shape index (κ3) is 5.95. The van der Waals surface area contributed by atoms with Crippen LogP contribution < -0.4 is 9.47 Å². The highest BCUT2D eigenvalue weighted by atomic mass is 16.6. The van der Waals surface area contributed by atoms with Crippen molar-refractivity contribution < 1.29 is 23.8 Å². The molecule has 0 saturated carbocycles. The quantitative estimate of drug-likeness (QED) is 0.453. The van der Waals surface area contributed by atoms with Crippen LogP contribution in [0.2, 0.25) is 0 Å². The molecule has 0 heterocycles. The van der Waals surface area contributed by atoms with E-state index in [-0.39, 0.29) is 19.2 Å². The molecule has 0 fully saturated rings. The molecular weight excluding hydrogens is 320 g/mol. The van der Waals surface area contributed by atoms with E-state index in [0.717, 1.165) is 5.75 Å². The average molecular weight is 342 g/mol. The minimum absolute atomic E-state index is 0.147. The molecule has 0 aliphatic heterocycles. The van der Waals surface area contributed by atoms with Crippen molar-refractivity contribution in [3.05, 3.63) is 60.2 Å². The van der Waals surface area contributed by atoms with Gasteiger partial charge in [-0.1, -0.05) is 18.2 Å². The van der Waals surface area contributed by atoms with Gasteiger partial charge < -0.3 is 14.2 Å². The van der Waals surface area contributed by atoms with Crippen LogP contribution in [-0.4, -0.2) is 25.2 Å². The molecule has 132 valence electrons. The van der Waals surface area contributed by atoms with Gasteiger partial charge >= 0.3 is 11.9 Å². The predicted octanol–water partition coefficient (Wildman–Crippen LogP) is 3.87. The molecule has 0 amide bonds. The second kappa shape index (κ2) is 8.33. The van der Waals surface area contributed by atoms with Gasteiger partial charge in [0.15, 0.2) is 0 Å². The van der Waals surface area contributed by atoms with Gasteiger partial charge in [0, 0.05) is 0 Å². The van der Waals surface area contributed by atoms with Gasteiger partial charge in [0.05, 0.1) is 11.0 Å². The minimum Gasteiger partial charge on any atom is -0.490 e. The molecule has 0 aromatic heterocycles. The largest absolute Gasteiger partial charge is 0.490 e. The Balaban J connectivity index is 1.79. The van der Waals surface area contributed by atoms with E-state index in [2.05, 4.69) is 0 Å². The SMILES string of the molecule is CC(C)(C)C(=O)Oc1ccc(C(=O)OCCOc2ccccc2)cc1. The molecule has 0 aliphatic rings. The zero-order valence-corrected chi connectivity index (χ0v) is 14.7. The molecule has 0 N–H and O–H groups in total. The smallest absolute Gasteiger partial charge is 0.338 e. The number of carbonyl (C=O) groups is 2. The lowest BCUT2D eigenvalue weighted by Crippen LogP contribution is -2.25. The molecule has 0 spiro atoms. The monoisotopic (exact) mass is 342 g/mol. The number of hydrogen-bond acceptors (Lipinski definition) is 5. The maximum atomic E-state index is 12.0. The van der Waals surface area contributed by atoms with Crippen molar-refractivity contribution in [2.45, 2.75) is 20.8 Å². The number of ether oxygens (including phenoxy) is 3. The molecule has 0 saturated heterocycles. The van der Waals surface area contributed by atoms with E-state index in [9.17, 15) is 9.59 Å². The molecule has 0 unspecified atom stereocenters. The van der Waals surface area contributed by atoms with Gasteiger partial charge in [-0.25, -0.2) is 4.79 Å². The lowest BCUT2D eigenvalue weighted by Gasteiger charge is -2.16. The minimum atomic E-state index is -0.587. The molecule has 0 bridgehead atoms. The Labute approximate surface area is 147 Å². The van der Waals surface area contributed by atoms with Crippen molar-refractivity contribution >= 4 is 11.9 Å². The molecule has 5 nitrogen and oxygen atoms in total. The first kappa shape index (κ1) is 18.5. The average Bonchev–Trinajstić information content (AvgIpc) is 2.59. The Kier molecular flexibility index (Phi) is 6.17. The van der Waals surface area contributed by atoms with Crippen LogP contribution in [0.3, 0.4) is 0 Å². The van der Waals surface area contributed by atoms with Gasteiger partial charge in [-0.2, -0.15) is 0 Å². The summed E-state index contributed by atoms with van der Waals surface area (Å²) < 4.78 is 15.9. The summed E-state index contributed by atoms with van der Waals surface area (Å²) in [5.41, 5.74) is -0.202. The van der Waals surface area contributed by atoms with Crippen molar-refractivity contribution in [3.8, 4) is 11.5 Å². The van der Waals surface area contributed by atoms with E-state index in [1.165, 1.54) is 0 Å². The van der Waals surface area contributed by atoms with Crippen LogP contribution in [0, 0.1) is 5.41 Å². The fraction of sp³-hybridized carbons (Fsp3) is 0.300. The second-order valence-corrected chi connectivity index (χ2v) is 6.46. The Bertz CT molecular complexity index is 699. The molecule has 5 heteroatoms. The molecule has 2 aromatic carbocycles. The summed E-state index contributed by atoms with van der Waals surface area (Å²) in [6.07, 6.45) is 0. The van der Waals surface area contributed by atoms with Gasteiger partial charge in [-0.05, 0) is 57.2 Å². The van der Waals surface area contributed by atoms with Crippen LogP contribution >= 0.6 is 0 Å². The molecule has 2 rings (SSSR count). The van der Waals surface area contributed by atoms with Crippen LogP contribution in [0.15, 0.2) is 54.6 Å². The van der Waals surface area contributed by atoms with Gasteiger partial charge in [-0.15, -0.1) is 0 Å². The normalized spacial score (nSPS) is 10.8. The standard InChI is InChI=1S/C20H22O5/c1-20(2,3)19(22)25-17-11-9-15(10-12-17)18(21)24-14-13-23-16-7-5-4-6-8-16/h4-12H,13-14H2,1-3H3.